The topological polar surface area (TPSA) is 32.3 Å². The van der Waals surface area contributed by atoms with Crippen LogP contribution in [0.3, 0.4) is 0 Å². The van der Waals surface area contributed by atoms with Crippen molar-refractivity contribution in [1.82, 2.24) is 10.2 Å². The molecular formula is C14H22N2O. The number of carbonyl (C=O) groups excluding carboxylic acids is 1. The van der Waals surface area contributed by atoms with Crippen LogP contribution in [0.5, 0.6) is 0 Å². The predicted molar refractivity (Wildman–Crippen MR) is 65.4 cm³/mol. The van der Waals surface area contributed by atoms with Gasteiger partial charge in [-0.15, -0.1) is 0 Å². The molecule has 1 amide bonds. The number of nitrogens with one attached hydrogen (secondary N) is 1. The van der Waals surface area contributed by atoms with Gasteiger partial charge in [0, 0.05) is 13.6 Å². The molecule has 1 N–H and O–H groups in total. The Hall–Kier alpha value is -0.570. The first-order valence-electron chi connectivity index (χ1n) is 7.17. The fraction of sp³-hybridized carbons (Fsp3) is 0.929. The summed E-state index contributed by atoms with van der Waals surface area (Å²) in [6, 6.07) is 0. The maximum absolute atomic E-state index is 12.1. The molecule has 0 aromatic heterocycles. The first-order chi connectivity index (χ1) is 8.20. The van der Waals surface area contributed by atoms with Gasteiger partial charge in [0.2, 0.25) is 5.91 Å². The van der Waals surface area contributed by atoms with Crippen LogP contribution in [-0.4, -0.2) is 36.5 Å². The van der Waals surface area contributed by atoms with E-state index in [1.54, 1.807) is 0 Å². The Labute approximate surface area is 103 Å². The highest BCUT2D eigenvalue weighted by Gasteiger charge is 2.60. The van der Waals surface area contributed by atoms with Gasteiger partial charge in [-0.3, -0.25) is 4.79 Å². The minimum atomic E-state index is 0.183. The average Bonchev–Trinajstić information content (AvgIpc) is 2.30. The van der Waals surface area contributed by atoms with E-state index < -0.39 is 0 Å². The van der Waals surface area contributed by atoms with Crippen LogP contribution in [0.15, 0.2) is 0 Å². The molecule has 0 atom stereocenters. The summed E-state index contributed by atoms with van der Waals surface area (Å²) in [5.41, 5.74) is 0.183. The summed E-state index contributed by atoms with van der Waals surface area (Å²) in [5.74, 6) is 3.83. The second-order valence-electron chi connectivity index (χ2n) is 6.85. The summed E-state index contributed by atoms with van der Waals surface area (Å²) in [6.45, 7) is 1.59. The number of rotatable bonds is 0. The molecule has 1 heterocycles. The molecule has 0 aromatic carbocycles. The van der Waals surface area contributed by atoms with Crippen LogP contribution in [0.25, 0.3) is 0 Å². The molecule has 1 spiro atoms. The first kappa shape index (κ1) is 10.4. The van der Waals surface area contributed by atoms with Crippen molar-refractivity contribution in [2.24, 2.45) is 23.7 Å². The molecule has 4 aliphatic carbocycles. The summed E-state index contributed by atoms with van der Waals surface area (Å²) >= 11 is 0. The van der Waals surface area contributed by atoms with E-state index in [-0.39, 0.29) is 5.54 Å². The molecule has 1 aliphatic heterocycles. The third kappa shape index (κ3) is 1.19. The maximum atomic E-state index is 12.1. The molecule has 4 saturated carbocycles. The lowest BCUT2D eigenvalue weighted by Crippen LogP contribution is -2.73. The van der Waals surface area contributed by atoms with Gasteiger partial charge < -0.3 is 10.2 Å². The molecular weight excluding hydrogens is 212 g/mol. The fourth-order valence-corrected chi connectivity index (χ4v) is 5.68. The zero-order valence-corrected chi connectivity index (χ0v) is 10.6. The Balaban J connectivity index is 1.74. The van der Waals surface area contributed by atoms with Crippen molar-refractivity contribution < 1.29 is 4.79 Å². The molecule has 5 aliphatic rings. The largest absolute Gasteiger partial charge is 0.337 e. The average molecular weight is 234 g/mol. The molecule has 3 heteroatoms. The van der Waals surface area contributed by atoms with Crippen molar-refractivity contribution in [3.63, 3.8) is 0 Å². The van der Waals surface area contributed by atoms with Crippen LogP contribution in [0.4, 0.5) is 0 Å². The van der Waals surface area contributed by atoms with Crippen molar-refractivity contribution in [2.75, 3.05) is 20.1 Å². The van der Waals surface area contributed by atoms with Gasteiger partial charge in [-0.2, -0.15) is 0 Å². The van der Waals surface area contributed by atoms with Crippen molar-refractivity contribution in [3.05, 3.63) is 0 Å². The lowest BCUT2D eigenvalue weighted by molar-refractivity contribution is -0.166. The van der Waals surface area contributed by atoms with E-state index >= 15 is 0 Å². The molecule has 5 rings (SSSR count). The summed E-state index contributed by atoms with van der Waals surface area (Å²) in [4.78, 5) is 14.2. The van der Waals surface area contributed by atoms with E-state index in [2.05, 4.69) is 17.3 Å². The van der Waals surface area contributed by atoms with Crippen molar-refractivity contribution in [2.45, 2.75) is 37.6 Å². The van der Waals surface area contributed by atoms with Crippen LogP contribution in [0, 0.1) is 23.7 Å². The minimum absolute atomic E-state index is 0.183. The highest BCUT2D eigenvalue weighted by molar-refractivity contribution is 5.80. The van der Waals surface area contributed by atoms with E-state index in [1.165, 1.54) is 32.1 Å². The maximum Gasteiger partial charge on any atom is 0.236 e. The molecule has 4 bridgehead atoms. The standard InChI is InChI=1S/C14H22N2O/c1-16-13(17)7-15-8-14(16)11-3-9-2-10(5-11)6-12(14)4-9/h9-12,15H,2-8H2,1H3. The Morgan fingerprint density at radius 3 is 2.29 bits per heavy atom. The second kappa shape index (κ2) is 3.25. The molecule has 0 aromatic rings. The van der Waals surface area contributed by atoms with Gasteiger partial charge in [0.05, 0.1) is 12.1 Å². The van der Waals surface area contributed by atoms with Crippen LogP contribution < -0.4 is 5.32 Å². The molecule has 5 fully saturated rings. The van der Waals surface area contributed by atoms with Crippen LogP contribution in [-0.2, 0) is 4.79 Å². The summed E-state index contributed by atoms with van der Waals surface area (Å²) in [6.07, 6.45) is 7.01. The second-order valence-corrected chi connectivity index (χ2v) is 6.85. The van der Waals surface area contributed by atoms with Crippen LogP contribution in [0.2, 0.25) is 0 Å². The molecule has 0 unspecified atom stereocenters. The first-order valence-corrected chi connectivity index (χ1v) is 7.17. The zero-order chi connectivity index (χ0) is 11.6. The van der Waals surface area contributed by atoms with Crippen LogP contribution >= 0.6 is 0 Å². The van der Waals surface area contributed by atoms with Gasteiger partial charge in [0.15, 0.2) is 0 Å². The number of hydrogen-bond acceptors (Lipinski definition) is 2. The number of amides is 1. The quantitative estimate of drug-likeness (QED) is 0.684. The van der Waals surface area contributed by atoms with E-state index in [4.69, 9.17) is 0 Å². The number of nitrogens with zero attached hydrogens (tertiary/aromatic N) is 1. The lowest BCUT2D eigenvalue weighted by Gasteiger charge is -2.65. The molecule has 94 valence electrons. The van der Waals surface area contributed by atoms with Gasteiger partial charge >= 0.3 is 0 Å². The third-order valence-corrected chi connectivity index (χ3v) is 6.23. The highest BCUT2D eigenvalue weighted by atomic mass is 16.2. The molecule has 3 nitrogen and oxygen atoms in total. The Morgan fingerprint density at radius 1 is 1.12 bits per heavy atom. The number of piperazine rings is 1. The zero-order valence-electron chi connectivity index (χ0n) is 10.6. The normalized spacial score (nSPS) is 52.5. The van der Waals surface area contributed by atoms with E-state index in [9.17, 15) is 4.79 Å². The molecule has 0 radical (unpaired) electrons. The van der Waals surface area contributed by atoms with Gasteiger partial charge in [0.25, 0.3) is 0 Å². The fourth-order valence-electron chi connectivity index (χ4n) is 5.68. The van der Waals surface area contributed by atoms with Crippen molar-refractivity contribution >= 4 is 5.91 Å². The minimum Gasteiger partial charge on any atom is -0.337 e. The summed E-state index contributed by atoms with van der Waals surface area (Å²) in [7, 11) is 2.06. The van der Waals surface area contributed by atoms with E-state index in [0.717, 1.165) is 30.2 Å². The molecule has 1 saturated heterocycles. The lowest BCUT2D eigenvalue weighted by atomic mass is 9.48. The summed E-state index contributed by atoms with van der Waals surface area (Å²) < 4.78 is 0. The SMILES string of the molecule is CN1C(=O)CNCC12C1CC3CC(C1)CC2C3. The van der Waals surface area contributed by atoms with Crippen molar-refractivity contribution in [3.8, 4) is 0 Å². The smallest absolute Gasteiger partial charge is 0.236 e. The van der Waals surface area contributed by atoms with Gasteiger partial charge in [-0.1, -0.05) is 0 Å². The number of carbonyl (C=O) groups is 1. The Bertz CT molecular complexity index is 337. The van der Waals surface area contributed by atoms with E-state index in [0.29, 0.717) is 12.5 Å². The van der Waals surface area contributed by atoms with Gasteiger partial charge in [-0.05, 0) is 55.8 Å². The monoisotopic (exact) mass is 234 g/mol. The Morgan fingerprint density at radius 2 is 1.71 bits per heavy atom. The van der Waals surface area contributed by atoms with Crippen LogP contribution in [0.1, 0.15) is 32.1 Å². The number of likely N-dealkylation sites (N-methyl/N-ethyl adjacent to an activating group) is 1. The molecule has 17 heavy (non-hydrogen) atoms. The highest BCUT2D eigenvalue weighted by Crippen LogP contribution is 2.60. The van der Waals surface area contributed by atoms with E-state index in [1.807, 2.05) is 0 Å². The number of hydrogen-bond donors (Lipinski definition) is 1. The van der Waals surface area contributed by atoms with Crippen molar-refractivity contribution in [1.29, 1.82) is 0 Å². The Kier molecular flexibility index (Phi) is 1.98. The third-order valence-electron chi connectivity index (χ3n) is 6.23. The van der Waals surface area contributed by atoms with Gasteiger partial charge in [-0.25, -0.2) is 0 Å². The predicted octanol–water partition coefficient (Wildman–Crippen LogP) is 1.24. The summed E-state index contributed by atoms with van der Waals surface area (Å²) in [5, 5.41) is 3.39. The van der Waals surface area contributed by atoms with Gasteiger partial charge in [0.1, 0.15) is 0 Å².